The number of carbonyl (C=O) groups is 1. The van der Waals surface area contributed by atoms with Gasteiger partial charge in [-0.15, -0.1) is 10.2 Å². The van der Waals surface area contributed by atoms with E-state index in [1.54, 1.807) is 24.3 Å². The molecule has 0 unspecified atom stereocenters. The van der Waals surface area contributed by atoms with Gasteiger partial charge in [0.15, 0.2) is 0 Å². The molecule has 31 heavy (non-hydrogen) atoms. The zero-order valence-electron chi connectivity index (χ0n) is 15.5. The second-order valence-electron chi connectivity index (χ2n) is 6.10. The molecule has 0 aliphatic rings. The predicted molar refractivity (Wildman–Crippen MR) is 101 cm³/mol. The third-order valence-corrected chi connectivity index (χ3v) is 3.93. The molecule has 7 nitrogen and oxygen atoms in total. The van der Waals surface area contributed by atoms with Gasteiger partial charge in [-0.05, 0) is 48.5 Å². The van der Waals surface area contributed by atoms with Crippen LogP contribution in [0.1, 0.15) is 0 Å². The summed E-state index contributed by atoms with van der Waals surface area (Å²) in [4.78, 5) is 14.8. The van der Waals surface area contributed by atoms with Crippen molar-refractivity contribution in [2.45, 2.75) is 6.18 Å². The SMILES string of the molecule is O=C(Oc1ncccc1-c1nnc(-c2ccc(Oc3ccccc3)cc2)o1)C(F)(F)F. The smallest absolute Gasteiger partial charge is 0.457 e. The van der Waals surface area contributed by atoms with Crippen LogP contribution in [0, 0.1) is 0 Å². The summed E-state index contributed by atoms with van der Waals surface area (Å²) in [5.74, 6) is -1.78. The number of alkyl halides is 3. The van der Waals surface area contributed by atoms with Crippen LogP contribution in [0.15, 0.2) is 77.3 Å². The molecule has 0 saturated carbocycles. The molecule has 0 radical (unpaired) electrons. The van der Waals surface area contributed by atoms with Crippen molar-refractivity contribution in [2.75, 3.05) is 0 Å². The largest absolute Gasteiger partial charge is 0.491 e. The first-order valence-corrected chi connectivity index (χ1v) is 8.81. The monoisotopic (exact) mass is 427 g/mol. The highest BCUT2D eigenvalue weighted by molar-refractivity contribution is 5.79. The van der Waals surface area contributed by atoms with Crippen molar-refractivity contribution in [3.8, 4) is 40.3 Å². The normalized spacial score (nSPS) is 11.2. The molecule has 0 aliphatic heterocycles. The number of benzene rings is 2. The maximum Gasteiger partial charge on any atom is 0.491 e. The van der Waals surface area contributed by atoms with Gasteiger partial charge in [-0.1, -0.05) is 18.2 Å². The lowest BCUT2D eigenvalue weighted by Gasteiger charge is -2.07. The van der Waals surface area contributed by atoms with Gasteiger partial charge in [0.05, 0.1) is 0 Å². The maximum absolute atomic E-state index is 12.5. The van der Waals surface area contributed by atoms with E-state index in [9.17, 15) is 18.0 Å². The molecule has 2 heterocycles. The van der Waals surface area contributed by atoms with Crippen molar-refractivity contribution >= 4 is 5.97 Å². The molecular formula is C21H12F3N3O4. The fourth-order valence-electron chi connectivity index (χ4n) is 2.52. The predicted octanol–water partition coefficient (Wildman–Crippen LogP) is 5.06. The summed E-state index contributed by atoms with van der Waals surface area (Å²) in [7, 11) is 0. The number of hydrogen-bond donors (Lipinski definition) is 0. The molecule has 4 aromatic rings. The number of carbonyl (C=O) groups excluding carboxylic acids is 1. The molecule has 0 amide bonds. The van der Waals surface area contributed by atoms with E-state index in [-0.39, 0.29) is 17.3 Å². The summed E-state index contributed by atoms with van der Waals surface area (Å²) in [6, 6.07) is 18.8. The van der Waals surface area contributed by atoms with Crippen LogP contribution in [0.25, 0.3) is 22.9 Å². The molecule has 4 rings (SSSR count). The van der Waals surface area contributed by atoms with Crippen LogP contribution in [0.2, 0.25) is 0 Å². The highest BCUT2D eigenvalue weighted by atomic mass is 19.4. The molecule has 156 valence electrons. The molecule has 2 aromatic carbocycles. The Morgan fingerprint density at radius 3 is 2.23 bits per heavy atom. The van der Waals surface area contributed by atoms with E-state index in [0.29, 0.717) is 17.1 Å². The van der Waals surface area contributed by atoms with Gasteiger partial charge in [0, 0.05) is 11.8 Å². The highest BCUT2D eigenvalue weighted by Gasteiger charge is 2.42. The first-order valence-electron chi connectivity index (χ1n) is 8.81. The van der Waals surface area contributed by atoms with E-state index >= 15 is 0 Å². The summed E-state index contributed by atoms with van der Waals surface area (Å²) in [6.45, 7) is 0. The Balaban J connectivity index is 1.54. The number of nitrogens with zero attached hydrogens (tertiary/aromatic N) is 3. The second-order valence-corrected chi connectivity index (χ2v) is 6.10. The van der Waals surface area contributed by atoms with E-state index in [1.807, 2.05) is 30.3 Å². The lowest BCUT2D eigenvalue weighted by molar-refractivity contribution is -0.189. The average Bonchev–Trinajstić information content (AvgIpc) is 3.25. The Morgan fingerprint density at radius 1 is 0.839 bits per heavy atom. The van der Waals surface area contributed by atoms with Crippen LogP contribution in [0.4, 0.5) is 13.2 Å². The van der Waals surface area contributed by atoms with Crippen molar-refractivity contribution in [1.82, 2.24) is 15.2 Å². The standard InChI is InChI=1S/C21H12F3N3O4/c22-21(23,24)20(28)31-18-16(7-4-12-25-18)19-27-26-17(30-19)13-8-10-15(11-9-13)29-14-5-2-1-3-6-14/h1-12H. The summed E-state index contributed by atoms with van der Waals surface area (Å²) < 4.78 is 53.1. The number of esters is 1. The van der Waals surface area contributed by atoms with Crippen molar-refractivity contribution in [1.29, 1.82) is 0 Å². The zero-order chi connectivity index (χ0) is 21.8. The quantitative estimate of drug-likeness (QED) is 0.412. The van der Waals surface area contributed by atoms with Gasteiger partial charge in [0.1, 0.15) is 17.1 Å². The van der Waals surface area contributed by atoms with E-state index in [4.69, 9.17) is 9.15 Å². The maximum atomic E-state index is 12.5. The number of pyridine rings is 1. The summed E-state index contributed by atoms with van der Waals surface area (Å²) in [5, 5.41) is 7.72. The van der Waals surface area contributed by atoms with Crippen LogP contribution >= 0.6 is 0 Å². The number of aromatic nitrogens is 3. The van der Waals surface area contributed by atoms with Gasteiger partial charge in [-0.25, -0.2) is 9.78 Å². The van der Waals surface area contributed by atoms with Gasteiger partial charge in [0.2, 0.25) is 11.8 Å². The Morgan fingerprint density at radius 2 is 1.52 bits per heavy atom. The molecule has 0 N–H and O–H groups in total. The number of halogens is 3. The van der Waals surface area contributed by atoms with Crippen LogP contribution in [0.5, 0.6) is 17.4 Å². The van der Waals surface area contributed by atoms with Crippen LogP contribution < -0.4 is 9.47 Å². The molecule has 0 saturated heterocycles. The Kier molecular flexibility index (Phi) is 5.35. The lowest BCUT2D eigenvalue weighted by Crippen LogP contribution is -2.28. The Hall–Kier alpha value is -4.21. The van der Waals surface area contributed by atoms with Crippen LogP contribution in [-0.2, 0) is 4.79 Å². The first-order chi connectivity index (χ1) is 14.9. The number of rotatable bonds is 5. The van der Waals surface area contributed by atoms with E-state index in [0.717, 1.165) is 0 Å². The van der Waals surface area contributed by atoms with Crippen LogP contribution in [-0.4, -0.2) is 27.3 Å². The molecule has 0 bridgehead atoms. The van der Waals surface area contributed by atoms with E-state index in [2.05, 4.69) is 19.9 Å². The van der Waals surface area contributed by atoms with Crippen molar-refractivity contribution in [3.63, 3.8) is 0 Å². The van der Waals surface area contributed by atoms with E-state index < -0.39 is 18.0 Å². The third kappa shape index (κ3) is 4.69. The minimum atomic E-state index is -5.17. The van der Waals surface area contributed by atoms with Crippen molar-refractivity contribution < 1.29 is 31.9 Å². The van der Waals surface area contributed by atoms with Gasteiger partial charge < -0.3 is 13.9 Å². The minimum absolute atomic E-state index is 0.0529. The molecule has 0 aliphatic carbocycles. The Labute approximate surface area is 173 Å². The number of hydrogen-bond acceptors (Lipinski definition) is 7. The topological polar surface area (TPSA) is 87.3 Å². The molecule has 0 spiro atoms. The molecule has 0 atom stereocenters. The summed E-state index contributed by atoms with van der Waals surface area (Å²) in [5.41, 5.74) is 0.500. The van der Waals surface area contributed by atoms with Crippen LogP contribution in [0.3, 0.4) is 0 Å². The molecule has 10 heteroatoms. The molecule has 2 aromatic heterocycles. The van der Waals surface area contributed by atoms with Crippen molar-refractivity contribution in [3.05, 3.63) is 72.9 Å². The zero-order valence-corrected chi connectivity index (χ0v) is 15.5. The first kappa shape index (κ1) is 20.1. The molecular weight excluding hydrogens is 415 g/mol. The number of para-hydroxylation sites is 1. The summed E-state index contributed by atoms with van der Waals surface area (Å²) >= 11 is 0. The fraction of sp³-hybridized carbons (Fsp3) is 0.0476. The van der Waals surface area contributed by atoms with Gasteiger partial charge in [0.25, 0.3) is 5.89 Å². The van der Waals surface area contributed by atoms with Gasteiger partial charge in [-0.2, -0.15) is 13.2 Å². The van der Waals surface area contributed by atoms with Crippen molar-refractivity contribution in [2.24, 2.45) is 0 Å². The highest BCUT2D eigenvalue weighted by Crippen LogP contribution is 2.31. The summed E-state index contributed by atoms with van der Waals surface area (Å²) in [6.07, 6.45) is -4.00. The van der Waals surface area contributed by atoms with Gasteiger partial charge >= 0.3 is 12.1 Å². The minimum Gasteiger partial charge on any atom is -0.457 e. The van der Waals surface area contributed by atoms with Gasteiger partial charge in [-0.3, -0.25) is 0 Å². The Bertz CT molecular complexity index is 1190. The average molecular weight is 427 g/mol. The third-order valence-electron chi connectivity index (χ3n) is 3.93. The molecule has 0 fully saturated rings. The number of ether oxygens (including phenoxy) is 2. The van der Waals surface area contributed by atoms with E-state index in [1.165, 1.54) is 18.3 Å². The fourth-order valence-corrected chi connectivity index (χ4v) is 2.52. The second kappa shape index (κ2) is 8.27. The lowest BCUT2D eigenvalue weighted by atomic mass is 10.2.